The van der Waals surface area contributed by atoms with Gasteiger partial charge < -0.3 is 10.1 Å². The predicted octanol–water partition coefficient (Wildman–Crippen LogP) is 3.61. The molecule has 96 valence electrons. The number of pyridine rings is 1. The Labute approximate surface area is 119 Å². The van der Waals surface area contributed by atoms with E-state index in [1.165, 1.54) is 4.88 Å². The summed E-state index contributed by atoms with van der Waals surface area (Å²) in [5, 5.41) is 5.55. The lowest BCUT2D eigenvalue weighted by Gasteiger charge is -2.19. The summed E-state index contributed by atoms with van der Waals surface area (Å²) in [6.45, 7) is 2.98. The van der Waals surface area contributed by atoms with Gasteiger partial charge >= 0.3 is 0 Å². The summed E-state index contributed by atoms with van der Waals surface area (Å²) in [5.74, 6) is 0.670. The third-order valence-corrected chi connectivity index (χ3v) is 4.56. The Morgan fingerprint density at radius 3 is 2.94 bits per heavy atom. The number of thiophene rings is 1. The Morgan fingerprint density at radius 2 is 2.33 bits per heavy atom. The van der Waals surface area contributed by atoms with Gasteiger partial charge in [0.1, 0.15) is 0 Å². The van der Waals surface area contributed by atoms with E-state index in [1.807, 2.05) is 12.1 Å². The van der Waals surface area contributed by atoms with Crippen molar-refractivity contribution in [3.8, 4) is 5.88 Å². The van der Waals surface area contributed by atoms with Crippen molar-refractivity contribution in [2.24, 2.45) is 0 Å². The third-order valence-electron chi connectivity index (χ3n) is 2.62. The molecule has 2 rings (SSSR count). The van der Waals surface area contributed by atoms with Gasteiger partial charge in [-0.25, -0.2) is 4.98 Å². The topological polar surface area (TPSA) is 34.2 Å². The smallest absolute Gasteiger partial charge is 0.218 e. The first kappa shape index (κ1) is 13.5. The van der Waals surface area contributed by atoms with Crippen molar-refractivity contribution in [1.82, 2.24) is 10.3 Å². The fraction of sp³-hybridized carbons (Fsp3) is 0.308. The molecule has 1 atom stereocenters. The number of methoxy groups -OCH3 is 1. The van der Waals surface area contributed by atoms with E-state index in [4.69, 9.17) is 4.74 Å². The summed E-state index contributed by atoms with van der Waals surface area (Å²) in [4.78, 5) is 5.51. The zero-order chi connectivity index (χ0) is 13.0. The van der Waals surface area contributed by atoms with Gasteiger partial charge in [-0.15, -0.1) is 11.3 Å². The van der Waals surface area contributed by atoms with Gasteiger partial charge in [-0.3, -0.25) is 0 Å². The molecule has 0 bridgehead atoms. The zero-order valence-corrected chi connectivity index (χ0v) is 12.7. The van der Waals surface area contributed by atoms with E-state index in [2.05, 4.69) is 44.6 Å². The molecule has 18 heavy (non-hydrogen) atoms. The molecule has 0 amide bonds. The molecule has 0 saturated carbocycles. The Hall–Kier alpha value is -0.910. The number of nitrogens with zero attached hydrogens (tertiary/aromatic N) is 1. The van der Waals surface area contributed by atoms with E-state index in [0.29, 0.717) is 5.88 Å². The summed E-state index contributed by atoms with van der Waals surface area (Å²) < 4.78 is 6.46. The van der Waals surface area contributed by atoms with Crippen LogP contribution in [0, 0.1) is 0 Å². The normalized spacial score (nSPS) is 12.4. The number of rotatable bonds is 5. The zero-order valence-electron chi connectivity index (χ0n) is 10.3. The Kier molecular flexibility index (Phi) is 4.74. The van der Waals surface area contributed by atoms with Crippen LogP contribution in [0.2, 0.25) is 0 Å². The molecule has 5 heteroatoms. The van der Waals surface area contributed by atoms with Crippen LogP contribution < -0.4 is 10.1 Å². The average molecular weight is 327 g/mol. The molecule has 0 aromatic carbocycles. The highest BCUT2D eigenvalue weighted by molar-refractivity contribution is 9.10. The van der Waals surface area contributed by atoms with Crippen LogP contribution in [0.1, 0.15) is 23.4 Å². The highest BCUT2D eigenvalue weighted by Gasteiger charge is 2.21. The van der Waals surface area contributed by atoms with Crippen LogP contribution in [0.25, 0.3) is 0 Å². The quantitative estimate of drug-likeness (QED) is 0.911. The fourth-order valence-electron chi connectivity index (χ4n) is 1.85. The van der Waals surface area contributed by atoms with Gasteiger partial charge in [0.2, 0.25) is 5.88 Å². The molecule has 0 spiro atoms. The van der Waals surface area contributed by atoms with Crippen molar-refractivity contribution in [3.05, 3.63) is 44.7 Å². The number of hydrogen-bond donors (Lipinski definition) is 1. The largest absolute Gasteiger partial charge is 0.481 e. The standard InChI is InChI=1S/C13H15BrN2OS/c1-3-15-11(12-10(14)6-8-18-12)9-5-4-7-16-13(9)17-2/h4-8,11,15H,3H2,1-2H3. The molecular formula is C13H15BrN2OS. The van der Waals surface area contributed by atoms with Gasteiger partial charge in [0.25, 0.3) is 0 Å². The maximum absolute atomic E-state index is 5.35. The molecule has 0 radical (unpaired) electrons. The van der Waals surface area contributed by atoms with Crippen LogP contribution >= 0.6 is 27.3 Å². The van der Waals surface area contributed by atoms with Crippen molar-refractivity contribution >= 4 is 27.3 Å². The van der Waals surface area contributed by atoms with E-state index in [9.17, 15) is 0 Å². The summed E-state index contributed by atoms with van der Waals surface area (Å²) in [6, 6.07) is 6.15. The minimum atomic E-state index is 0.105. The Bertz CT molecular complexity index is 515. The Morgan fingerprint density at radius 1 is 1.50 bits per heavy atom. The van der Waals surface area contributed by atoms with Crippen molar-refractivity contribution in [2.45, 2.75) is 13.0 Å². The van der Waals surface area contributed by atoms with Gasteiger partial charge in [-0.2, -0.15) is 0 Å². The Balaban J connectivity index is 2.45. The van der Waals surface area contributed by atoms with Gasteiger partial charge in [0.05, 0.1) is 13.2 Å². The second kappa shape index (κ2) is 6.31. The molecule has 2 heterocycles. The summed E-state index contributed by atoms with van der Waals surface area (Å²) in [5.41, 5.74) is 1.06. The minimum Gasteiger partial charge on any atom is -0.481 e. The van der Waals surface area contributed by atoms with Crippen molar-refractivity contribution in [1.29, 1.82) is 0 Å². The monoisotopic (exact) mass is 326 g/mol. The molecule has 0 aliphatic rings. The highest BCUT2D eigenvalue weighted by atomic mass is 79.9. The number of ether oxygens (including phenoxy) is 1. The summed E-state index contributed by atoms with van der Waals surface area (Å²) >= 11 is 5.31. The summed E-state index contributed by atoms with van der Waals surface area (Å²) in [7, 11) is 1.65. The van der Waals surface area contributed by atoms with Crippen LogP contribution in [0.3, 0.4) is 0 Å². The fourth-order valence-corrected chi connectivity index (χ4v) is 3.55. The van der Waals surface area contributed by atoms with Gasteiger partial charge in [-0.1, -0.05) is 13.0 Å². The van der Waals surface area contributed by atoms with E-state index in [0.717, 1.165) is 16.6 Å². The van der Waals surface area contributed by atoms with E-state index < -0.39 is 0 Å². The third kappa shape index (κ3) is 2.74. The van der Waals surface area contributed by atoms with Crippen molar-refractivity contribution < 1.29 is 4.74 Å². The molecule has 2 aromatic rings. The van der Waals surface area contributed by atoms with Crippen LogP contribution in [0.4, 0.5) is 0 Å². The number of hydrogen-bond acceptors (Lipinski definition) is 4. The predicted molar refractivity (Wildman–Crippen MR) is 78.3 cm³/mol. The number of halogens is 1. The molecule has 0 saturated heterocycles. The molecule has 0 fully saturated rings. The van der Waals surface area contributed by atoms with Crippen LogP contribution in [0.5, 0.6) is 5.88 Å². The summed E-state index contributed by atoms with van der Waals surface area (Å²) in [6.07, 6.45) is 1.74. The van der Waals surface area contributed by atoms with Crippen LogP contribution in [0.15, 0.2) is 34.2 Å². The maximum atomic E-state index is 5.35. The average Bonchev–Trinajstić information content (AvgIpc) is 2.82. The second-order valence-electron chi connectivity index (χ2n) is 3.73. The van der Waals surface area contributed by atoms with Crippen molar-refractivity contribution in [2.75, 3.05) is 13.7 Å². The van der Waals surface area contributed by atoms with E-state index >= 15 is 0 Å². The molecule has 1 unspecified atom stereocenters. The first-order valence-electron chi connectivity index (χ1n) is 5.73. The van der Waals surface area contributed by atoms with Gasteiger partial charge in [0, 0.05) is 21.1 Å². The van der Waals surface area contributed by atoms with E-state index in [-0.39, 0.29) is 6.04 Å². The van der Waals surface area contributed by atoms with Crippen LogP contribution in [-0.2, 0) is 0 Å². The lowest BCUT2D eigenvalue weighted by atomic mass is 10.1. The number of aromatic nitrogens is 1. The lowest BCUT2D eigenvalue weighted by molar-refractivity contribution is 0.387. The SMILES string of the molecule is CCNC(c1cccnc1OC)c1sccc1Br. The second-order valence-corrected chi connectivity index (χ2v) is 5.53. The highest BCUT2D eigenvalue weighted by Crippen LogP contribution is 2.35. The maximum Gasteiger partial charge on any atom is 0.218 e. The first-order chi connectivity index (χ1) is 8.77. The molecule has 0 aliphatic heterocycles. The minimum absolute atomic E-state index is 0.105. The molecular weight excluding hydrogens is 312 g/mol. The van der Waals surface area contributed by atoms with Crippen molar-refractivity contribution in [3.63, 3.8) is 0 Å². The first-order valence-corrected chi connectivity index (χ1v) is 7.40. The van der Waals surface area contributed by atoms with Gasteiger partial charge in [-0.05, 0) is 40.0 Å². The lowest BCUT2D eigenvalue weighted by Crippen LogP contribution is -2.22. The molecule has 3 nitrogen and oxygen atoms in total. The van der Waals surface area contributed by atoms with Gasteiger partial charge in [0.15, 0.2) is 0 Å². The molecule has 1 N–H and O–H groups in total. The molecule has 0 aliphatic carbocycles. The van der Waals surface area contributed by atoms with E-state index in [1.54, 1.807) is 24.6 Å². The van der Waals surface area contributed by atoms with Crippen LogP contribution in [-0.4, -0.2) is 18.6 Å². The molecule has 2 aromatic heterocycles. The number of nitrogens with one attached hydrogen (secondary N) is 1.